The van der Waals surface area contributed by atoms with Crippen LogP contribution in [0.3, 0.4) is 0 Å². The zero-order valence-corrected chi connectivity index (χ0v) is 10.1. The molecule has 1 aromatic carbocycles. The van der Waals surface area contributed by atoms with Crippen LogP contribution < -0.4 is 20.5 Å². The van der Waals surface area contributed by atoms with E-state index in [0.29, 0.717) is 31.9 Å². The summed E-state index contributed by atoms with van der Waals surface area (Å²) in [5, 5.41) is 2.88. The van der Waals surface area contributed by atoms with Crippen molar-refractivity contribution in [2.24, 2.45) is 5.73 Å². The third-order valence-electron chi connectivity index (χ3n) is 3.38. The van der Waals surface area contributed by atoms with Crippen molar-refractivity contribution in [1.29, 1.82) is 0 Å². The van der Waals surface area contributed by atoms with E-state index in [1.54, 1.807) is 0 Å². The molecule has 0 aromatic heterocycles. The molecule has 3 rings (SSSR count). The molecule has 5 heteroatoms. The molecule has 0 radical (unpaired) electrons. The molecule has 0 aliphatic carbocycles. The summed E-state index contributed by atoms with van der Waals surface area (Å²) in [4.78, 5) is 11.7. The molecule has 18 heavy (non-hydrogen) atoms. The number of carbonyl (C=O) groups is 1. The second-order valence-electron chi connectivity index (χ2n) is 4.61. The molecular formula is C13H16N2O3. The van der Waals surface area contributed by atoms with E-state index in [4.69, 9.17) is 15.2 Å². The largest absolute Gasteiger partial charge is 0.486 e. The van der Waals surface area contributed by atoms with Crippen molar-refractivity contribution in [2.45, 2.75) is 18.8 Å². The van der Waals surface area contributed by atoms with E-state index in [0.717, 1.165) is 23.4 Å². The highest BCUT2D eigenvalue weighted by Crippen LogP contribution is 2.42. The first-order valence-electron chi connectivity index (χ1n) is 6.21. The monoisotopic (exact) mass is 248 g/mol. The summed E-state index contributed by atoms with van der Waals surface area (Å²) in [7, 11) is 0. The number of ether oxygens (including phenoxy) is 2. The Hall–Kier alpha value is -1.75. The Labute approximate surface area is 105 Å². The van der Waals surface area contributed by atoms with E-state index >= 15 is 0 Å². The predicted octanol–water partition coefficient (Wildman–Crippen LogP) is 1.23. The van der Waals surface area contributed by atoms with Gasteiger partial charge in [0.25, 0.3) is 0 Å². The molecule has 2 aliphatic heterocycles. The summed E-state index contributed by atoms with van der Waals surface area (Å²) in [6.45, 7) is 1.69. The summed E-state index contributed by atoms with van der Waals surface area (Å²) in [6.07, 6.45) is 1.30. The Balaban J connectivity index is 2.02. The second-order valence-corrected chi connectivity index (χ2v) is 4.61. The van der Waals surface area contributed by atoms with E-state index in [1.165, 1.54) is 0 Å². The number of hydrogen-bond donors (Lipinski definition) is 2. The Bertz CT molecular complexity index is 487. The molecule has 0 spiro atoms. The number of nitrogens with two attached hydrogens (primary N) is 1. The van der Waals surface area contributed by atoms with Gasteiger partial charge in [0.2, 0.25) is 5.91 Å². The fourth-order valence-electron chi connectivity index (χ4n) is 2.54. The average molecular weight is 248 g/mol. The van der Waals surface area contributed by atoms with Gasteiger partial charge in [-0.15, -0.1) is 0 Å². The summed E-state index contributed by atoms with van der Waals surface area (Å²) in [6, 6.07) is 3.83. The van der Waals surface area contributed by atoms with Crippen LogP contribution in [0.25, 0.3) is 0 Å². The first-order valence-corrected chi connectivity index (χ1v) is 6.21. The van der Waals surface area contributed by atoms with Crippen molar-refractivity contribution in [3.63, 3.8) is 0 Å². The molecule has 2 heterocycles. The van der Waals surface area contributed by atoms with Gasteiger partial charge < -0.3 is 20.5 Å². The molecule has 1 unspecified atom stereocenters. The highest BCUT2D eigenvalue weighted by Gasteiger charge is 2.27. The van der Waals surface area contributed by atoms with Crippen molar-refractivity contribution in [3.05, 3.63) is 17.7 Å². The van der Waals surface area contributed by atoms with E-state index in [-0.39, 0.29) is 11.8 Å². The first kappa shape index (κ1) is 11.3. The lowest BCUT2D eigenvalue weighted by Gasteiger charge is -2.28. The molecule has 96 valence electrons. The molecule has 1 amide bonds. The van der Waals surface area contributed by atoms with Gasteiger partial charge in [-0.05, 0) is 30.5 Å². The van der Waals surface area contributed by atoms with Gasteiger partial charge in [0.1, 0.15) is 13.2 Å². The lowest BCUT2D eigenvalue weighted by Crippen LogP contribution is -2.25. The number of amides is 1. The Kier molecular flexibility index (Phi) is 2.83. The molecule has 0 saturated carbocycles. The van der Waals surface area contributed by atoms with Crippen LogP contribution in [0.5, 0.6) is 11.5 Å². The Morgan fingerprint density at radius 1 is 1.28 bits per heavy atom. The number of fused-ring (bicyclic) bond motifs is 2. The number of nitrogens with one attached hydrogen (secondary N) is 1. The van der Waals surface area contributed by atoms with E-state index in [2.05, 4.69) is 5.32 Å². The summed E-state index contributed by atoms with van der Waals surface area (Å²) in [5.74, 6) is 1.68. The third kappa shape index (κ3) is 1.90. The molecule has 2 aliphatic rings. The molecular weight excluding hydrogens is 232 g/mol. The van der Waals surface area contributed by atoms with Gasteiger partial charge >= 0.3 is 0 Å². The number of rotatable bonds is 2. The quantitative estimate of drug-likeness (QED) is 0.825. The van der Waals surface area contributed by atoms with Gasteiger partial charge in [-0.25, -0.2) is 0 Å². The van der Waals surface area contributed by atoms with Crippen molar-refractivity contribution >= 4 is 11.6 Å². The minimum absolute atomic E-state index is 0.0395. The van der Waals surface area contributed by atoms with Crippen LogP contribution in [-0.4, -0.2) is 25.7 Å². The minimum atomic E-state index is 0.0395. The van der Waals surface area contributed by atoms with E-state index in [1.807, 2.05) is 12.1 Å². The minimum Gasteiger partial charge on any atom is -0.486 e. The van der Waals surface area contributed by atoms with Crippen LogP contribution in [-0.2, 0) is 4.79 Å². The normalized spacial score (nSPS) is 21.2. The van der Waals surface area contributed by atoms with Crippen molar-refractivity contribution in [2.75, 3.05) is 25.1 Å². The van der Waals surface area contributed by atoms with Gasteiger partial charge in [-0.3, -0.25) is 4.79 Å². The fourth-order valence-corrected chi connectivity index (χ4v) is 2.54. The molecule has 0 bridgehead atoms. The van der Waals surface area contributed by atoms with E-state index in [9.17, 15) is 4.79 Å². The molecule has 3 N–H and O–H groups in total. The Morgan fingerprint density at radius 3 is 2.72 bits per heavy atom. The van der Waals surface area contributed by atoms with Crippen LogP contribution in [0.2, 0.25) is 0 Å². The summed E-state index contributed by atoms with van der Waals surface area (Å²) >= 11 is 0. The number of carbonyl (C=O) groups excluding carboxylic acids is 1. The first-order chi connectivity index (χ1) is 8.78. The van der Waals surface area contributed by atoms with Crippen LogP contribution in [0.4, 0.5) is 5.69 Å². The topological polar surface area (TPSA) is 73.6 Å². The van der Waals surface area contributed by atoms with Crippen molar-refractivity contribution in [3.8, 4) is 11.5 Å². The summed E-state index contributed by atoms with van der Waals surface area (Å²) < 4.78 is 11.1. The van der Waals surface area contributed by atoms with Gasteiger partial charge in [0.05, 0.1) is 0 Å². The van der Waals surface area contributed by atoms with Gasteiger partial charge in [-0.2, -0.15) is 0 Å². The maximum absolute atomic E-state index is 11.7. The summed E-state index contributed by atoms with van der Waals surface area (Å²) in [5.41, 5.74) is 7.54. The van der Waals surface area contributed by atoms with Gasteiger partial charge in [0, 0.05) is 18.2 Å². The second kappa shape index (κ2) is 4.49. The third-order valence-corrected chi connectivity index (χ3v) is 3.38. The standard InChI is InChI=1S/C13H16N2O3/c14-2-1-8-5-13(16)15-10-7-12-11(6-9(8)10)17-3-4-18-12/h6-8H,1-5,14H2,(H,15,16). The van der Waals surface area contributed by atoms with Crippen LogP contribution in [0, 0.1) is 0 Å². The van der Waals surface area contributed by atoms with Crippen molar-refractivity contribution in [1.82, 2.24) is 0 Å². The number of hydrogen-bond acceptors (Lipinski definition) is 4. The zero-order valence-electron chi connectivity index (χ0n) is 10.1. The Morgan fingerprint density at radius 2 is 2.00 bits per heavy atom. The predicted molar refractivity (Wildman–Crippen MR) is 67.1 cm³/mol. The highest BCUT2D eigenvalue weighted by atomic mass is 16.6. The lowest BCUT2D eigenvalue weighted by atomic mass is 9.87. The SMILES string of the molecule is NCCC1CC(=O)Nc2cc3c(cc21)OCCO3. The molecule has 1 aromatic rings. The van der Waals surface area contributed by atoms with Gasteiger partial charge in [-0.1, -0.05) is 0 Å². The lowest BCUT2D eigenvalue weighted by molar-refractivity contribution is -0.116. The maximum Gasteiger partial charge on any atom is 0.224 e. The number of anilines is 1. The highest BCUT2D eigenvalue weighted by molar-refractivity contribution is 5.95. The van der Waals surface area contributed by atoms with Crippen LogP contribution >= 0.6 is 0 Å². The maximum atomic E-state index is 11.7. The molecule has 0 saturated heterocycles. The van der Waals surface area contributed by atoms with Gasteiger partial charge in [0.15, 0.2) is 11.5 Å². The van der Waals surface area contributed by atoms with Crippen molar-refractivity contribution < 1.29 is 14.3 Å². The number of benzene rings is 1. The molecule has 5 nitrogen and oxygen atoms in total. The van der Waals surface area contributed by atoms with Crippen LogP contribution in [0.15, 0.2) is 12.1 Å². The zero-order chi connectivity index (χ0) is 12.5. The molecule has 1 atom stereocenters. The smallest absolute Gasteiger partial charge is 0.224 e. The van der Waals surface area contributed by atoms with Crippen LogP contribution in [0.1, 0.15) is 24.3 Å². The molecule has 0 fully saturated rings. The van der Waals surface area contributed by atoms with E-state index < -0.39 is 0 Å². The fraction of sp³-hybridized carbons (Fsp3) is 0.462. The average Bonchev–Trinajstić information content (AvgIpc) is 2.37.